The maximum atomic E-state index is 12.6. The van der Waals surface area contributed by atoms with Crippen molar-refractivity contribution in [2.24, 2.45) is 0 Å². The Morgan fingerprint density at radius 1 is 1.10 bits per heavy atom. The lowest BCUT2D eigenvalue weighted by atomic mass is 10.0. The zero-order chi connectivity index (χ0) is 13.9. The second-order valence-corrected chi connectivity index (χ2v) is 5.05. The van der Waals surface area contributed by atoms with Crippen LogP contribution in [0.4, 0.5) is 0 Å². The minimum atomic E-state index is -0.138. The van der Waals surface area contributed by atoms with Gasteiger partial charge in [-0.2, -0.15) is 0 Å². The zero-order valence-corrected chi connectivity index (χ0v) is 12.8. The number of rotatable bonds is 3. The van der Waals surface area contributed by atoms with Gasteiger partial charge in [-0.05, 0) is 25.1 Å². The number of carbonyl (C=O) groups is 1. The van der Waals surface area contributed by atoms with Crippen LogP contribution in [-0.4, -0.2) is 56.2 Å². The maximum absolute atomic E-state index is 12.6. The molecule has 6 heteroatoms. The Kier molecular flexibility index (Phi) is 5.45. The van der Waals surface area contributed by atoms with E-state index >= 15 is 0 Å². The van der Waals surface area contributed by atoms with Crippen molar-refractivity contribution in [3.8, 4) is 11.5 Å². The van der Waals surface area contributed by atoms with Crippen molar-refractivity contribution in [1.82, 2.24) is 4.90 Å². The van der Waals surface area contributed by atoms with Crippen LogP contribution in [0.5, 0.6) is 11.5 Å². The van der Waals surface area contributed by atoms with Gasteiger partial charge in [0.25, 0.3) is 0 Å². The second-order valence-electron chi connectivity index (χ2n) is 5.05. The summed E-state index contributed by atoms with van der Waals surface area (Å²) in [7, 11) is 0. The first-order valence-electron chi connectivity index (χ1n) is 7.01. The fourth-order valence-electron chi connectivity index (χ4n) is 2.57. The van der Waals surface area contributed by atoms with Crippen molar-refractivity contribution in [3.05, 3.63) is 23.8 Å². The third-order valence-electron chi connectivity index (χ3n) is 3.80. The summed E-state index contributed by atoms with van der Waals surface area (Å²) in [4.78, 5) is 14.7. The number of carbonyl (C=O) groups excluding carboxylic acids is 1. The number of ketones is 1. The van der Waals surface area contributed by atoms with Crippen molar-refractivity contribution < 1.29 is 31.4 Å². The molecular formula is C15H19ClNO4-. The summed E-state index contributed by atoms with van der Waals surface area (Å²) < 4.78 is 16.3. The first-order valence-corrected chi connectivity index (χ1v) is 7.01. The number of ether oxygens (including phenoxy) is 3. The summed E-state index contributed by atoms with van der Waals surface area (Å²) >= 11 is 0. The van der Waals surface area contributed by atoms with E-state index in [1.807, 2.05) is 19.1 Å². The highest BCUT2D eigenvalue weighted by atomic mass is 35.5. The Bertz CT molecular complexity index is 502. The van der Waals surface area contributed by atoms with Crippen molar-refractivity contribution in [2.75, 3.05) is 39.5 Å². The number of fused-ring (bicyclic) bond motifs is 1. The highest BCUT2D eigenvalue weighted by molar-refractivity contribution is 6.00. The van der Waals surface area contributed by atoms with Crippen LogP contribution >= 0.6 is 0 Å². The molecule has 21 heavy (non-hydrogen) atoms. The molecule has 2 aliphatic heterocycles. The number of benzene rings is 1. The molecule has 0 amide bonds. The minimum absolute atomic E-state index is 0. The summed E-state index contributed by atoms with van der Waals surface area (Å²) in [5.74, 6) is 1.49. The van der Waals surface area contributed by atoms with Crippen molar-refractivity contribution in [2.45, 2.75) is 13.0 Å². The van der Waals surface area contributed by atoms with Gasteiger partial charge in [-0.1, -0.05) is 0 Å². The molecule has 0 N–H and O–H groups in total. The molecule has 1 aromatic carbocycles. The van der Waals surface area contributed by atoms with E-state index in [1.165, 1.54) is 0 Å². The third-order valence-corrected chi connectivity index (χ3v) is 3.80. The lowest BCUT2D eigenvalue weighted by molar-refractivity contribution is -0.0000203. The van der Waals surface area contributed by atoms with Crippen molar-refractivity contribution in [3.63, 3.8) is 0 Å². The molecule has 2 heterocycles. The van der Waals surface area contributed by atoms with E-state index in [1.54, 1.807) is 6.07 Å². The Labute approximate surface area is 130 Å². The van der Waals surface area contributed by atoms with E-state index in [2.05, 4.69) is 4.90 Å². The summed E-state index contributed by atoms with van der Waals surface area (Å²) in [5.41, 5.74) is 0.674. The van der Waals surface area contributed by atoms with E-state index in [9.17, 15) is 4.79 Å². The fourth-order valence-corrected chi connectivity index (χ4v) is 2.57. The first-order chi connectivity index (χ1) is 9.75. The molecule has 1 fully saturated rings. The normalized spacial score (nSPS) is 19.5. The molecule has 5 nitrogen and oxygen atoms in total. The molecule has 3 rings (SSSR count). The van der Waals surface area contributed by atoms with Crippen LogP contribution in [-0.2, 0) is 4.74 Å². The maximum Gasteiger partial charge on any atom is 0.179 e. The van der Waals surface area contributed by atoms with Gasteiger partial charge in [0.15, 0.2) is 17.3 Å². The van der Waals surface area contributed by atoms with Crippen molar-refractivity contribution in [1.29, 1.82) is 0 Å². The van der Waals surface area contributed by atoms with E-state index in [-0.39, 0.29) is 24.2 Å². The van der Waals surface area contributed by atoms with Gasteiger partial charge >= 0.3 is 0 Å². The summed E-state index contributed by atoms with van der Waals surface area (Å²) in [6.45, 7) is 6.03. The van der Waals surface area contributed by atoms with E-state index < -0.39 is 0 Å². The van der Waals surface area contributed by atoms with Crippen molar-refractivity contribution >= 4 is 5.78 Å². The number of morpholine rings is 1. The zero-order valence-electron chi connectivity index (χ0n) is 12.0. The molecule has 1 aromatic rings. The second kappa shape index (κ2) is 7.11. The van der Waals surface area contributed by atoms with Crippen LogP contribution in [0.3, 0.4) is 0 Å². The molecule has 0 aliphatic carbocycles. The van der Waals surface area contributed by atoms with Gasteiger partial charge in [-0.3, -0.25) is 9.69 Å². The smallest absolute Gasteiger partial charge is 0.179 e. The molecule has 0 spiro atoms. The van der Waals surface area contributed by atoms with Crippen LogP contribution < -0.4 is 21.9 Å². The Balaban J connectivity index is 0.00000161. The predicted octanol–water partition coefficient (Wildman–Crippen LogP) is -1.63. The molecule has 0 saturated carbocycles. The SMILES string of the molecule is CC(C(=O)c1ccc2c(c1)OCCO2)N1CCOCC1.[Cl-]. The Morgan fingerprint density at radius 3 is 2.48 bits per heavy atom. The predicted molar refractivity (Wildman–Crippen MR) is 73.6 cm³/mol. The lowest BCUT2D eigenvalue weighted by Crippen LogP contribution is -3.00. The number of hydrogen-bond acceptors (Lipinski definition) is 5. The van der Waals surface area contributed by atoms with E-state index in [0.29, 0.717) is 43.5 Å². The molecule has 2 aliphatic rings. The molecule has 1 unspecified atom stereocenters. The molecule has 0 aromatic heterocycles. The number of Topliss-reactive ketones (excluding diaryl/α,β-unsaturated/α-hetero) is 1. The fraction of sp³-hybridized carbons (Fsp3) is 0.533. The lowest BCUT2D eigenvalue weighted by Gasteiger charge is -2.31. The van der Waals surface area contributed by atoms with Gasteiger partial charge in [0.2, 0.25) is 0 Å². The van der Waals surface area contributed by atoms with Gasteiger partial charge in [0.05, 0.1) is 19.3 Å². The van der Waals surface area contributed by atoms with Crippen LogP contribution in [0.25, 0.3) is 0 Å². The van der Waals surface area contributed by atoms with Crippen LogP contribution in [0.1, 0.15) is 17.3 Å². The average Bonchev–Trinajstić information content (AvgIpc) is 2.54. The molecule has 116 valence electrons. The van der Waals surface area contributed by atoms with E-state index in [4.69, 9.17) is 14.2 Å². The molecule has 0 radical (unpaired) electrons. The quantitative estimate of drug-likeness (QED) is 0.627. The van der Waals surface area contributed by atoms with Gasteiger partial charge in [0.1, 0.15) is 13.2 Å². The van der Waals surface area contributed by atoms with Gasteiger partial charge in [-0.25, -0.2) is 0 Å². The molecule has 0 bridgehead atoms. The number of halogens is 1. The summed E-state index contributed by atoms with van der Waals surface area (Å²) in [5, 5.41) is 0. The van der Waals surface area contributed by atoms with Gasteiger partial charge in [-0.15, -0.1) is 0 Å². The monoisotopic (exact) mass is 312 g/mol. The Hall–Kier alpha value is -1.30. The average molecular weight is 313 g/mol. The third kappa shape index (κ3) is 3.48. The standard InChI is InChI=1S/C15H19NO4.ClH/c1-11(16-4-6-18-7-5-16)15(17)12-2-3-13-14(10-12)20-9-8-19-13;/h2-3,10-11H,4-9H2,1H3;1H/p-1. The highest BCUT2D eigenvalue weighted by Crippen LogP contribution is 2.31. The highest BCUT2D eigenvalue weighted by Gasteiger charge is 2.25. The summed E-state index contributed by atoms with van der Waals surface area (Å²) in [6.07, 6.45) is 0. The van der Waals surface area contributed by atoms with Crippen LogP contribution in [0, 0.1) is 0 Å². The number of nitrogens with zero attached hydrogens (tertiary/aromatic N) is 1. The molecule has 1 saturated heterocycles. The van der Waals surface area contributed by atoms with Crippen LogP contribution in [0.15, 0.2) is 18.2 Å². The largest absolute Gasteiger partial charge is 1.00 e. The first kappa shape index (κ1) is 16.1. The molecular weight excluding hydrogens is 294 g/mol. The number of hydrogen-bond donors (Lipinski definition) is 0. The van der Waals surface area contributed by atoms with Gasteiger partial charge in [0, 0.05) is 18.7 Å². The topological polar surface area (TPSA) is 48.0 Å². The summed E-state index contributed by atoms with van der Waals surface area (Å²) in [6, 6.07) is 5.27. The molecule has 1 atom stereocenters. The van der Waals surface area contributed by atoms with Gasteiger partial charge < -0.3 is 26.6 Å². The van der Waals surface area contributed by atoms with E-state index in [0.717, 1.165) is 13.1 Å². The Morgan fingerprint density at radius 2 is 1.76 bits per heavy atom. The minimum Gasteiger partial charge on any atom is -1.00 e. The van der Waals surface area contributed by atoms with Crippen LogP contribution in [0.2, 0.25) is 0 Å².